The van der Waals surface area contributed by atoms with Crippen molar-refractivity contribution in [2.45, 2.75) is 50.8 Å². The van der Waals surface area contributed by atoms with Crippen molar-refractivity contribution in [3.05, 3.63) is 57.2 Å². The van der Waals surface area contributed by atoms with E-state index in [1.165, 1.54) is 16.7 Å². The summed E-state index contributed by atoms with van der Waals surface area (Å²) in [6, 6.07) is 4.43. The van der Waals surface area contributed by atoms with Crippen molar-refractivity contribution in [1.29, 1.82) is 0 Å². The number of anilines is 1. The number of alkyl halides is 3. The highest BCUT2D eigenvalue weighted by atomic mass is 32.2. The topological polar surface area (TPSA) is 142 Å². The van der Waals surface area contributed by atoms with Gasteiger partial charge in [-0.2, -0.15) is 13.2 Å². The number of hydrogen-bond donors (Lipinski definition) is 2. The third kappa shape index (κ3) is 7.47. The molecule has 2 amide bonds. The number of benzene rings is 1. The van der Waals surface area contributed by atoms with Crippen LogP contribution in [0.25, 0.3) is 0 Å². The average molecular weight is 628 g/mol. The number of esters is 2. The van der Waals surface area contributed by atoms with E-state index in [1.54, 1.807) is 34.7 Å². The van der Waals surface area contributed by atoms with Gasteiger partial charge in [-0.1, -0.05) is 23.9 Å². The lowest BCUT2D eigenvalue weighted by Crippen LogP contribution is -2.27. The average Bonchev–Trinajstić information content (AvgIpc) is 3.45. The van der Waals surface area contributed by atoms with E-state index in [0.717, 1.165) is 35.2 Å². The number of nitrogens with one attached hydrogen (secondary N) is 2. The molecule has 11 nitrogen and oxygen atoms in total. The van der Waals surface area contributed by atoms with Crippen molar-refractivity contribution < 1.29 is 41.8 Å². The number of hydrogen-bond acceptors (Lipinski definition) is 10. The fourth-order valence-corrected chi connectivity index (χ4v) is 5.58. The molecular formula is C26H28F3N5O6S2. The molecule has 2 aromatic heterocycles. The van der Waals surface area contributed by atoms with Crippen LogP contribution in [0.3, 0.4) is 0 Å². The lowest BCUT2D eigenvalue weighted by atomic mass is 10.1. The molecular weight excluding hydrogens is 599 g/mol. The second-order valence-corrected chi connectivity index (χ2v) is 11.0. The summed E-state index contributed by atoms with van der Waals surface area (Å²) < 4.78 is 51.4. The molecule has 16 heteroatoms. The van der Waals surface area contributed by atoms with E-state index in [9.17, 15) is 32.3 Å². The highest BCUT2D eigenvalue weighted by Gasteiger charge is 2.35. The van der Waals surface area contributed by atoms with Crippen molar-refractivity contribution >= 4 is 51.9 Å². The Morgan fingerprint density at radius 3 is 2.36 bits per heavy atom. The molecule has 42 heavy (non-hydrogen) atoms. The minimum absolute atomic E-state index is 0.0548. The quantitative estimate of drug-likeness (QED) is 0.230. The summed E-state index contributed by atoms with van der Waals surface area (Å²) in [6.07, 6.45) is -4.70. The van der Waals surface area contributed by atoms with E-state index in [1.807, 2.05) is 0 Å². The molecule has 226 valence electrons. The second-order valence-electron chi connectivity index (χ2n) is 8.63. The predicted octanol–water partition coefficient (Wildman–Crippen LogP) is 4.61. The Hall–Kier alpha value is -3.92. The first-order valence-corrected chi connectivity index (χ1v) is 14.3. The maximum atomic E-state index is 13.3. The van der Waals surface area contributed by atoms with E-state index >= 15 is 0 Å². The highest BCUT2D eigenvalue weighted by Crippen LogP contribution is 2.35. The van der Waals surface area contributed by atoms with Crippen LogP contribution in [0.15, 0.2) is 29.4 Å². The third-order valence-corrected chi connectivity index (χ3v) is 8.11. The van der Waals surface area contributed by atoms with E-state index in [2.05, 4.69) is 20.8 Å². The largest absolute Gasteiger partial charge is 0.462 e. The Bertz CT molecular complexity index is 1490. The number of carbonyl (C=O) groups is 4. The number of carbonyl (C=O) groups excluding carboxylic acids is 4. The molecule has 2 N–H and O–H groups in total. The van der Waals surface area contributed by atoms with Crippen LogP contribution in [0.1, 0.15) is 68.1 Å². The lowest BCUT2D eigenvalue weighted by molar-refractivity contribution is -0.138. The highest BCUT2D eigenvalue weighted by molar-refractivity contribution is 8.00. The Balaban J connectivity index is 1.71. The normalized spacial score (nSPS) is 12.0. The lowest BCUT2D eigenvalue weighted by Gasteiger charge is -2.13. The standard InChI is InChI=1S/C26H28F3N5O6S2/c1-6-39-23(37)18-13(3)19(24(38)40-7-2)42-22(18)31-20(35)14(4)41-25-33-32-17(34(25)5)12-30-21(36)15-10-8-9-11-16(15)26(27,28)29/h8-11,14H,6-7,12H2,1-5H3,(H,30,36)(H,31,35). The Morgan fingerprint density at radius 2 is 1.71 bits per heavy atom. The third-order valence-electron chi connectivity index (χ3n) is 5.78. The number of rotatable bonds is 11. The molecule has 0 aliphatic rings. The van der Waals surface area contributed by atoms with Crippen molar-refractivity contribution in [3.63, 3.8) is 0 Å². The maximum absolute atomic E-state index is 13.3. The minimum atomic E-state index is -4.70. The summed E-state index contributed by atoms with van der Waals surface area (Å²) in [5.41, 5.74) is -1.20. The Labute approximate surface area is 247 Å². The van der Waals surface area contributed by atoms with E-state index in [0.29, 0.717) is 5.56 Å². The molecule has 0 fully saturated rings. The van der Waals surface area contributed by atoms with Gasteiger partial charge in [0.15, 0.2) is 11.0 Å². The number of halogens is 3. The number of aromatic nitrogens is 3. The van der Waals surface area contributed by atoms with Gasteiger partial charge in [0.2, 0.25) is 5.91 Å². The summed E-state index contributed by atoms with van der Waals surface area (Å²) >= 11 is 1.91. The van der Waals surface area contributed by atoms with Crippen LogP contribution in [0.2, 0.25) is 0 Å². The Morgan fingerprint density at radius 1 is 1.07 bits per heavy atom. The molecule has 0 saturated carbocycles. The monoisotopic (exact) mass is 627 g/mol. The van der Waals surface area contributed by atoms with E-state index in [4.69, 9.17) is 9.47 Å². The van der Waals surface area contributed by atoms with Gasteiger partial charge in [-0.05, 0) is 45.4 Å². The fraction of sp³-hybridized carbons (Fsp3) is 0.385. The molecule has 1 atom stereocenters. The van der Waals surface area contributed by atoms with Gasteiger partial charge in [0.25, 0.3) is 5.91 Å². The van der Waals surface area contributed by atoms with Crippen LogP contribution in [0.4, 0.5) is 18.2 Å². The summed E-state index contributed by atoms with van der Waals surface area (Å²) in [4.78, 5) is 50.7. The number of nitrogens with zero attached hydrogens (tertiary/aromatic N) is 3. The molecule has 0 aliphatic carbocycles. The first-order valence-electron chi connectivity index (χ1n) is 12.6. The molecule has 1 aromatic carbocycles. The predicted molar refractivity (Wildman–Crippen MR) is 149 cm³/mol. The molecule has 0 spiro atoms. The van der Waals surface area contributed by atoms with Crippen LogP contribution in [-0.2, 0) is 34.0 Å². The van der Waals surface area contributed by atoms with E-state index < -0.39 is 46.3 Å². The van der Waals surface area contributed by atoms with Gasteiger partial charge < -0.3 is 24.7 Å². The number of thioether (sulfide) groups is 1. The molecule has 0 bridgehead atoms. The van der Waals surface area contributed by atoms with Crippen molar-refractivity contribution in [2.24, 2.45) is 7.05 Å². The zero-order valence-corrected chi connectivity index (χ0v) is 24.9. The molecule has 0 saturated heterocycles. The fourth-order valence-electron chi connectivity index (χ4n) is 3.65. The summed E-state index contributed by atoms with van der Waals surface area (Å²) in [5.74, 6) is -2.53. The van der Waals surface area contributed by atoms with Gasteiger partial charge in [0.1, 0.15) is 9.88 Å². The van der Waals surface area contributed by atoms with Gasteiger partial charge in [-0.3, -0.25) is 9.59 Å². The number of ether oxygens (including phenoxy) is 2. The van der Waals surface area contributed by atoms with Crippen LogP contribution in [-0.4, -0.2) is 57.0 Å². The van der Waals surface area contributed by atoms with Crippen molar-refractivity contribution in [2.75, 3.05) is 18.5 Å². The second kappa shape index (κ2) is 13.8. The summed E-state index contributed by atoms with van der Waals surface area (Å²) in [6.45, 7) is 6.42. The van der Waals surface area contributed by atoms with Crippen LogP contribution in [0, 0.1) is 6.92 Å². The first kappa shape index (κ1) is 32.6. The zero-order chi connectivity index (χ0) is 31.2. The maximum Gasteiger partial charge on any atom is 0.417 e. The van der Waals surface area contributed by atoms with E-state index in [-0.39, 0.29) is 46.2 Å². The molecule has 0 radical (unpaired) electrons. The SMILES string of the molecule is CCOC(=O)c1sc(NC(=O)C(C)Sc2nnc(CNC(=O)c3ccccc3C(F)(F)F)n2C)c(C(=O)OCC)c1C. The van der Waals surface area contributed by atoms with Crippen molar-refractivity contribution in [1.82, 2.24) is 20.1 Å². The number of thiophene rings is 1. The minimum Gasteiger partial charge on any atom is -0.462 e. The summed E-state index contributed by atoms with van der Waals surface area (Å²) in [5, 5.41) is 12.7. The van der Waals surface area contributed by atoms with Gasteiger partial charge in [0, 0.05) is 7.05 Å². The van der Waals surface area contributed by atoms with Crippen molar-refractivity contribution in [3.8, 4) is 0 Å². The smallest absolute Gasteiger partial charge is 0.417 e. The Kier molecular flexibility index (Phi) is 10.7. The molecule has 1 unspecified atom stereocenters. The van der Waals surface area contributed by atoms with Crippen LogP contribution < -0.4 is 10.6 Å². The van der Waals surface area contributed by atoms with Crippen LogP contribution in [0.5, 0.6) is 0 Å². The van der Waals surface area contributed by atoms with Gasteiger partial charge >= 0.3 is 18.1 Å². The van der Waals surface area contributed by atoms with Gasteiger partial charge in [0.05, 0.1) is 41.7 Å². The first-order chi connectivity index (χ1) is 19.8. The van der Waals surface area contributed by atoms with Crippen LogP contribution >= 0.6 is 23.1 Å². The zero-order valence-electron chi connectivity index (χ0n) is 23.2. The van der Waals surface area contributed by atoms with Gasteiger partial charge in [-0.25, -0.2) is 9.59 Å². The van der Waals surface area contributed by atoms with Gasteiger partial charge in [-0.15, -0.1) is 21.5 Å². The molecule has 2 heterocycles. The molecule has 3 aromatic rings. The molecule has 3 rings (SSSR count). The summed E-state index contributed by atoms with van der Waals surface area (Å²) in [7, 11) is 1.57. The number of amides is 2. The molecule has 0 aliphatic heterocycles.